The van der Waals surface area contributed by atoms with Crippen LogP contribution in [0.2, 0.25) is 0 Å². The Balaban J connectivity index is 4.18. The first-order chi connectivity index (χ1) is 7.56. The van der Waals surface area contributed by atoms with Crippen molar-refractivity contribution in [2.45, 2.75) is 39.7 Å². The minimum Gasteiger partial charge on any atom is -0.341 e. The highest BCUT2D eigenvalue weighted by molar-refractivity contribution is 7.98. The van der Waals surface area contributed by atoms with E-state index in [1.807, 2.05) is 18.1 Å². The molecule has 0 saturated carbocycles. The van der Waals surface area contributed by atoms with Gasteiger partial charge in [-0.25, -0.2) is 0 Å². The van der Waals surface area contributed by atoms with E-state index in [1.165, 1.54) is 0 Å². The molecular formula is C12H26N2OS. The van der Waals surface area contributed by atoms with Crippen LogP contribution in [0.25, 0.3) is 0 Å². The van der Waals surface area contributed by atoms with E-state index in [-0.39, 0.29) is 11.9 Å². The largest absolute Gasteiger partial charge is 0.341 e. The molecule has 0 aliphatic carbocycles. The molecule has 0 rings (SSSR count). The summed E-state index contributed by atoms with van der Waals surface area (Å²) in [6.07, 6.45) is 3.91. The van der Waals surface area contributed by atoms with E-state index in [0.717, 1.165) is 31.7 Å². The summed E-state index contributed by atoms with van der Waals surface area (Å²) in [4.78, 5) is 13.9. The van der Waals surface area contributed by atoms with Crippen molar-refractivity contribution in [3.05, 3.63) is 0 Å². The van der Waals surface area contributed by atoms with Crippen molar-refractivity contribution in [3.63, 3.8) is 0 Å². The summed E-state index contributed by atoms with van der Waals surface area (Å²) in [5.41, 5.74) is 5.89. The Morgan fingerprint density at radius 3 is 2.50 bits per heavy atom. The average molecular weight is 246 g/mol. The second kappa shape index (κ2) is 8.88. The number of hydrogen-bond acceptors (Lipinski definition) is 3. The molecule has 0 aromatic heterocycles. The van der Waals surface area contributed by atoms with Crippen LogP contribution in [0.4, 0.5) is 0 Å². The third kappa shape index (κ3) is 5.75. The van der Waals surface area contributed by atoms with E-state index in [2.05, 4.69) is 13.8 Å². The average Bonchev–Trinajstić information content (AvgIpc) is 2.31. The number of nitrogens with two attached hydrogens (primary N) is 1. The minimum absolute atomic E-state index is 0.108. The fourth-order valence-corrected chi connectivity index (χ4v) is 1.97. The SMILES string of the molecule is CCC(C)CN(CC)C(=O)[C@@H](N)CCSC. The summed E-state index contributed by atoms with van der Waals surface area (Å²) < 4.78 is 0. The smallest absolute Gasteiger partial charge is 0.239 e. The van der Waals surface area contributed by atoms with Crippen molar-refractivity contribution in [2.24, 2.45) is 11.7 Å². The van der Waals surface area contributed by atoms with Crippen molar-refractivity contribution in [1.29, 1.82) is 0 Å². The molecule has 0 bridgehead atoms. The van der Waals surface area contributed by atoms with Crippen LogP contribution in [-0.2, 0) is 4.79 Å². The lowest BCUT2D eigenvalue weighted by molar-refractivity contribution is -0.133. The molecule has 0 fully saturated rings. The van der Waals surface area contributed by atoms with Gasteiger partial charge >= 0.3 is 0 Å². The van der Waals surface area contributed by atoms with Crippen LogP contribution in [0.5, 0.6) is 0 Å². The summed E-state index contributed by atoms with van der Waals surface area (Å²) in [6.45, 7) is 7.93. The van der Waals surface area contributed by atoms with Gasteiger partial charge in [-0.15, -0.1) is 0 Å². The van der Waals surface area contributed by atoms with Gasteiger partial charge in [0, 0.05) is 13.1 Å². The van der Waals surface area contributed by atoms with E-state index in [9.17, 15) is 4.79 Å². The summed E-state index contributed by atoms with van der Waals surface area (Å²) in [5, 5.41) is 0. The maximum atomic E-state index is 12.0. The minimum atomic E-state index is -0.323. The lowest BCUT2D eigenvalue weighted by Gasteiger charge is -2.26. The molecule has 0 aromatic carbocycles. The van der Waals surface area contributed by atoms with Crippen LogP contribution in [-0.4, -0.2) is 41.9 Å². The third-order valence-corrected chi connectivity index (χ3v) is 3.52. The molecule has 16 heavy (non-hydrogen) atoms. The first kappa shape index (κ1) is 15.8. The van der Waals surface area contributed by atoms with Gasteiger partial charge < -0.3 is 10.6 Å². The molecule has 96 valence electrons. The standard InChI is InChI=1S/C12H26N2OS/c1-5-10(3)9-14(6-2)12(15)11(13)7-8-16-4/h10-11H,5-9,13H2,1-4H3/t10?,11-/m0/s1. The monoisotopic (exact) mass is 246 g/mol. The van der Waals surface area contributed by atoms with Gasteiger partial charge in [-0.3, -0.25) is 4.79 Å². The normalized spacial score (nSPS) is 14.6. The van der Waals surface area contributed by atoms with E-state index in [0.29, 0.717) is 5.92 Å². The highest BCUT2D eigenvalue weighted by atomic mass is 32.2. The number of likely N-dealkylation sites (N-methyl/N-ethyl adjacent to an activating group) is 1. The lowest BCUT2D eigenvalue weighted by atomic mass is 10.1. The lowest BCUT2D eigenvalue weighted by Crippen LogP contribution is -2.45. The van der Waals surface area contributed by atoms with Gasteiger partial charge in [-0.2, -0.15) is 11.8 Å². The fraction of sp³-hybridized carbons (Fsp3) is 0.917. The molecule has 2 atom stereocenters. The van der Waals surface area contributed by atoms with E-state index in [4.69, 9.17) is 5.73 Å². The van der Waals surface area contributed by atoms with Crippen molar-refractivity contribution in [2.75, 3.05) is 25.1 Å². The zero-order valence-corrected chi connectivity index (χ0v) is 11.8. The highest BCUT2D eigenvalue weighted by Gasteiger charge is 2.20. The topological polar surface area (TPSA) is 46.3 Å². The molecule has 0 aliphatic heterocycles. The maximum absolute atomic E-state index is 12.0. The van der Waals surface area contributed by atoms with Gasteiger partial charge in [0.2, 0.25) is 5.91 Å². The number of nitrogens with zero attached hydrogens (tertiary/aromatic N) is 1. The summed E-state index contributed by atoms with van der Waals surface area (Å²) in [5.74, 6) is 1.61. The molecule has 2 N–H and O–H groups in total. The number of rotatable bonds is 8. The molecule has 0 aliphatic rings. The second-order valence-corrected chi connectivity index (χ2v) is 5.26. The third-order valence-electron chi connectivity index (χ3n) is 2.87. The highest BCUT2D eigenvalue weighted by Crippen LogP contribution is 2.07. The Labute approximate surface area is 104 Å². The Kier molecular flexibility index (Phi) is 8.76. The van der Waals surface area contributed by atoms with Crippen molar-refractivity contribution >= 4 is 17.7 Å². The second-order valence-electron chi connectivity index (χ2n) is 4.28. The zero-order valence-electron chi connectivity index (χ0n) is 11.0. The van der Waals surface area contributed by atoms with E-state index >= 15 is 0 Å². The van der Waals surface area contributed by atoms with Crippen LogP contribution >= 0.6 is 11.8 Å². The van der Waals surface area contributed by atoms with Crippen LogP contribution < -0.4 is 5.73 Å². The van der Waals surface area contributed by atoms with Gasteiger partial charge in [0.1, 0.15) is 0 Å². The molecule has 3 nitrogen and oxygen atoms in total. The Bertz CT molecular complexity index is 199. The number of thioether (sulfide) groups is 1. The van der Waals surface area contributed by atoms with Crippen LogP contribution in [0.3, 0.4) is 0 Å². The van der Waals surface area contributed by atoms with Gasteiger partial charge in [0.25, 0.3) is 0 Å². The maximum Gasteiger partial charge on any atom is 0.239 e. The quantitative estimate of drug-likeness (QED) is 0.712. The van der Waals surface area contributed by atoms with E-state index in [1.54, 1.807) is 11.8 Å². The number of carbonyl (C=O) groups excluding carboxylic acids is 1. The Morgan fingerprint density at radius 1 is 1.44 bits per heavy atom. The Hall–Kier alpha value is -0.220. The molecule has 4 heteroatoms. The van der Waals surface area contributed by atoms with Crippen LogP contribution in [0.15, 0.2) is 0 Å². The summed E-state index contributed by atoms with van der Waals surface area (Å²) in [6, 6.07) is -0.323. The van der Waals surface area contributed by atoms with Crippen molar-refractivity contribution < 1.29 is 4.79 Å². The van der Waals surface area contributed by atoms with Gasteiger partial charge in [-0.1, -0.05) is 20.3 Å². The van der Waals surface area contributed by atoms with Gasteiger partial charge in [0.15, 0.2) is 0 Å². The summed E-state index contributed by atoms with van der Waals surface area (Å²) >= 11 is 1.73. The van der Waals surface area contributed by atoms with Gasteiger partial charge in [-0.05, 0) is 31.3 Å². The molecule has 0 spiro atoms. The fourth-order valence-electron chi connectivity index (χ4n) is 1.48. The molecule has 0 aromatic rings. The molecule has 1 amide bonds. The molecule has 0 heterocycles. The number of carbonyl (C=O) groups is 1. The number of hydrogen-bond donors (Lipinski definition) is 1. The predicted octanol–water partition coefficient (Wildman–Crippen LogP) is 1.96. The number of amides is 1. The van der Waals surface area contributed by atoms with Crippen LogP contribution in [0, 0.1) is 5.92 Å². The van der Waals surface area contributed by atoms with E-state index < -0.39 is 0 Å². The molecule has 0 radical (unpaired) electrons. The molecule has 1 unspecified atom stereocenters. The van der Waals surface area contributed by atoms with Gasteiger partial charge in [0.05, 0.1) is 6.04 Å². The molecular weight excluding hydrogens is 220 g/mol. The summed E-state index contributed by atoms with van der Waals surface area (Å²) in [7, 11) is 0. The van der Waals surface area contributed by atoms with Crippen molar-refractivity contribution in [1.82, 2.24) is 4.90 Å². The zero-order chi connectivity index (χ0) is 12.6. The first-order valence-corrected chi connectivity index (χ1v) is 7.49. The molecule has 0 saturated heterocycles. The first-order valence-electron chi connectivity index (χ1n) is 6.10. The Morgan fingerprint density at radius 2 is 2.06 bits per heavy atom. The van der Waals surface area contributed by atoms with Crippen molar-refractivity contribution in [3.8, 4) is 0 Å². The predicted molar refractivity (Wildman–Crippen MR) is 72.7 cm³/mol. The van der Waals surface area contributed by atoms with Crippen LogP contribution in [0.1, 0.15) is 33.6 Å².